The molecule has 0 fully saturated rings. The number of carboxylic acids is 3. The predicted molar refractivity (Wildman–Crippen MR) is 165 cm³/mol. The molecule has 0 bridgehead atoms. The van der Waals surface area contributed by atoms with Crippen LogP contribution < -0.4 is 21.7 Å². The lowest BCUT2D eigenvalue weighted by atomic mass is 10.0. The highest BCUT2D eigenvalue weighted by Gasteiger charge is 2.32. The molecule has 0 spiro atoms. The molecule has 2 aromatic carbocycles. The van der Waals surface area contributed by atoms with Gasteiger partial charge in [0, 0.05) is 47.0 Å². The minimum Gasteiger partial charge on any atom is -0.481 e. The van der Waals surface area contributed by atoms with Crippen LogP contribution in [0.1, 0.15) is 30.4 Å². The van der Waals surface area contributed by atoms with Gasteiger partial charge in [-0.25, -0.2) is 4.79 Å². The smallest absolute Gasteiger partial charge is 0.326 e. The number of rotatable bonds is 16. The van der Waals surface area contributed by atoms with Crippen LogP contribution in [0.5, 0.6) is 0 Å². The Balaban J connectivity index is 1.56. The van der Waals surface area contributed by atoms with Crippen molar-refractivity contribution in [1.29, 1.82) is 0 Å². The topological polar surface area (TPSA) is 257 Å². The van der Waals surface area contributed by atoms with E-state index in [1.54, 1.807) is 18.5 Å². The van der Waals surface area contributed by atoms with Crippen LogP contribution in [0, 0.1) is 0 Å². The minimum atomic E-state index is -1.83. The number of carboxylic acid groups (broad SMARTS) is 3. The van der Waals surface area contributed by atoms with E-state index in [4.69, 9.17) is 10.8 Å². The van der Waals surface area contributed by atoms with E-state index >= 15 is 0 Å². The van der Waals surface area contributed by atoms with Crippen molar-refractivity contribution in [2.45, 2.75) is 56.3 Å². The number of para-hydroxylation sites is 2. The molecule has 15 heteroatoms. The van der Waals surface area contributed by atoms with Crippen LogP contribution in [-0.4, -0.2) is 85.1 Å². The molecule has 4 atom stereocenters. The van der Waals surface area contributed by atoms with Gasteiger partial charge >= 0.3 is 17.9 Å². The SMILES string of the molecule is NC(Cc1c[nH]c2ccccc12)C(=O)NC(Cc1c[nH]c2ccccc12)C(=O)NC(CCC(=O)O)C(=O)NC(CC(=O)O)C(=O)O. The van der Waals surface area contributed by atoms with Crippen molar-refractivity contribution in [3.8, 4) is 0 Å². The summed E-state index contributed by atoms with van der Waals surface area (Å²) in [7, 11) is 0. The Morgan fingerprint density at radius 3 is 1.70 bits per heavy atom. The molecule has 2 aromatic heterocycles. The fraction of sp³-hybridized carbons (Fsp3) is 0.290. The van der Waals surface area contributed by atoms with E-state index in [1.807, 2.05) is 47.8 Å². The van der Waals surface area contributed by atoms with E-state index in [2.05, 4.69) is 20.6 Å². The van der Waals surface area contributed by atoms with E-state index in [-0.39, 0.29) is 12.8 Å². The van der Waals surface area contributed by atoms with Crippen molar-refractivity contribution in [1.82, 2.24) is 25.9 Å². The summed E-state index contributed by atoms with van der Waals surface area (Å²) >= 11 is 0. The van der Waals surface area contributed by atoms with Gasteiger partial charge in [0.2, 0.25) is 17.7 Å². The standard InChI is InChI=1S/C31H34N6O9/c32-20(11-16-14-33-21-7-3-1-5-18(16)21)28(42)36-24(12-17-15-34-22-8-4-2-6-19(17)22)30(44)35-23(9-10-26(38)39)29(43)37-25(31(45)46)13-27(40)41/h1-8,14-15,20,23-25,33-34H,9-13,32H2,(H,35,44)(H,36,42)(H,37,43)(H,38,39)(H,40,41)(H,45,46). The van der Waals surface area contributed by atoms with E-state index in [1.165, 1.54) is 0 Å². The minimum absolute atomic E-state index is 0.0502. The van der Waals surface area contributed by atoms with E-state index in [0.29, 0.717) is 5.56 Å². The number of hydrogen-bond donors (Lipinski definition) is 9. The summed E-state index contributed by atoms with van der Waals surface area (Å²) in [6, 6.07) is 8.96. The molecule has 3 amide bonds. The molecule has 2 heterocycles. The summed E-state index contributed by atoms with van der Waals surface area (Å²) in [5.74, 6) is -7.05. The molecular weight excluding hydrogens is 600 g/mol. The van der Waals surface area contributed by atoms with Crippen LogP contribution in [0.3, 0.4) is 0 Å². The number of hydrogen-bond acceptors (Lipinski definition) is 7. The van der Waals surface area contributed by atoms with Crippen molar-refractivity contribution in [3.63, 3.8) is 0 Å². The highest BCUT2D eigenvalue weighted by atomic mass is 16.4. The van der Waals surface area contributed by atoms with Crippen molar-refractivity contribution >= 4 is 57.4 Å². The first kappa shape index (κ1) is 33.2. The van der Waals surface area contributed by atoms with Gasteiger partial charge in [0.05, 0.1) is 12.5 Å². The molecule has 4 rings (SSSR count). The number of nitrogens with two attached hydrogens (primary N) is 1. The van der Waals surface area contributed by atoms with Gasteiger partial charge < -0.3 is 47.0 Å². The number of nitrogens with one attached hydrogen (secondary N) is 5. The fourth-order valence-electron chi connectivity index (χ4n) is 5.09. The van der Waals surface area contributed by atoms with Gasteiger partial charge in [-0.2, -0.15) is 0 Å². The normalized spacial score (nSPS) is 13.8. The van der Waals surface area contributed by atoms with Gasteiger partial charge in [0.25, 0.3) is 0 Å². The highest BCUT2D eigenvalue weighted by Crippen LogP contribution is 2.21. The molecule has 0 aliphatic heterocycles. The van der Waals surface area contributed by atoms with E-state index < -0.39 is 79.1 Å². The van der Waals surface area contributed by atoms with Gasteiger partial charge in [-0.15, -0.1) is 0 Å². The van der Waals surface area contributed by atoms with E-state index in [9.17, 15) is 39.0 Å². The molecule has 46 heavy (non-hydrogen) atoms. The predicted octanol–water partition coefficient (Wildman–Crippen LogP) is 0.640. The summed E-state index contributed by atoms with van der Waals surface area (Å²) in [6.45, 7) is 0. The monoisotopic (exact) mass is 634 g/mol. The molecule has 0 saturated carbocycles. The number of H-pyrrole nitrogens is 2. The lowest BCUT2D eigenvalue weighted by Crippen LogP contribution is -2.58. The van der Waals surface area contributed by atoms with Crippen LogP contribution >= 0.6 is 0 Å². The lowest BCUT2D eigenvalue weighted by molar-refractivity contribution is -0.147. The summed E-state index contributed by atoms with van der Waals surface area (Å²) in [5, 5.41) is 36.3. The van der Waals surface area contributed by atoms with Crippen molar-refractivity contribution in [2.24, 2.45) is 5.73 Å². The Kier molecular flexibility index (Phi) is 10.7. The molecule has 0 radical (unpaired) electrons. The Hall–Kier alpha value is -5.70. The molecule has 242 valence electrons. The van der Waals surface area contributed by atoms with Crippen LogP contribution in [-0.2, 0) is 41.6 Å². The third kappa shape index (κ3) is 8.47. The van der Waals surface area contributed by atoms with E-state index in [0.717, 1.165) is 27.4 Å². The van der Waals surface area contributed by atoms with Crippen LogP contribution in [0.4, 0.5) is 0 Å². The van der Waals surface area contributed by atoms with Gasteiger partial charge in [0.15, 0.2) is 0 Å². The molecule has 4 aromatic rings. The quantitative estimate of drug-likeness (QED) is 0.0831. The zero-order valence-corrected chi connectivity index (χ0v) is 24.5. The van der Waals surface area contributed by atoms with Crippen LogP contribution in [0.2, 0.25) is 0 Å². The van der Waals surface area contributed by atoms with Crippen molar-refractivity contribution in [3.05, 3.63) is 72.1 Å². The molecule has 15 nitrogen and oxygen atoms in total. The summed E-state index contributed by atoms with van der Waals surface area (Å²) in [5.41, 5.74) is 9.34. The maximum atomic E-state index is 13.7. The van der Waals surface area contributed by atoms with Crippen molar-refractivity contribution in [2.75, 3.05) is 0 Å². The number of carbonyl (C=O) groups excluding carboxylic acids is 3. The fourth-order valence-corrected chi connectivity index (χ4v) is 5.09. The first-order valence-electron chi connectivity index (χ1n) is 14.4. The number of benzene rings is 2. The zero-order valence-electron chi connectivity index (χ0n) is 24.5. The Morgan fingerprint density at radius 1 is 0.652 bits per heavy atom. The molecule has 0 aliphatic carbocycles. The molecule has 0 saturated heterocycles. The second-order valence-electron chi connectivity index (χ2n) is 10.8. The third-order valence-corrected chi connectivity index (χ3v) is 7.46. The van der Waals surface area contributed by atoms with Gasteiger partial charge in [0.1, 0.15) is 18.1 Å². The number of carbonyl (C=O) groups is 6. The average Bonchev–Trinajstić information content (AvgIpc) is 3.62. The third-order valence-electron chi connectivity index (χ3n) is 7.46. The summed E-state index contributed by atoms with van der Waals surface area (Å²) in [6.07, 6.45) is 1.53. The van der Waals surface area contributed by atoms with Crippen LogP contribution in [0.25, 0.3) is 21.8 Å². The maximum Gasteiger partial charge on any atom is 0.326 e. The Morgan fingerprint density at radius 2 is 1.15 bits per heavy atom. The average molecular weight is 635 g/mol. The second kappa shape index (κ2) is 14.9. The maximum absolute atomic E-state index is 13.7. The number of aliphatic carboxylic acids is 3. The molecule has 10 N–H and O–H groups in total. The first-order chi connectivity index (χ1) is 21.9. The largest absolute Gasteiger partial charge is 0.481 e. The second-order valence-corrected chi connectivity index (χ2v) is 10.8. The lowest BCUT2D eigenvalue weighted by Gasteiger charge is -2.25. The van der Waals surface area contributed by atoms with Crippen LogP contribution in [0.15, 0.2) is 60.9 Å². The molecule has 4 unspecified atom stereocenters. The number of aromatic nitrogens is 2. The zero-order chi connectivity index (χ0) is 33.4. The highest BCUT2D eigenvalue weighted by molar-refractivity contribution is 5.96. The number of amides is 3. The molecular formula is C31H34N6O9. The Labute approximate surface area is 261 Å². The summed E-state index contributed by atoms with van der Waals surface area (Å²) in [4.78, 5) is 80.2. The first-order valence-corrected chi connectivity index (χ1v) is 14.4. The number of fused-ring (bicyclic) bond motifs is 2. The van der Waals surface area contributed by atoms with Gasteiger partial charge in [-0.1, -0.05) is 36.4 Å². The number of aromatic amines is 2. The van der Waals surface area contributed by atoms with Crippen molar-refractivity contribution < 1.29 is 44.1 Å². The Bertz CT molecular complexity index is 1760. The van der Waals surface area contributed by atoms with Gasteiger partial charge in [-0.05, 0) is 36.1 Å². The summed E-state index contributed by atoms with van der Waals surface area (Å²) < 4.78 is 0. The van der Waals surface area contributed by atoms with Gasteiger partial charge in [-0.3, -0.25) is 24.0 Å². The molecule has 0 aliphatic rings.